The number of likely N-dealkylation sites (N-methyl/N-ethyl adjacent to an activating group) is 1. The summed E-state index contributed by atoms with van der Waals surface area (Å²) in [6, 6.07) is 6.42. The van der Waals surface area contributed by atoms with Crippen LogP contribution in [0.2, 0.25) is 0 Å². The van der Waals surface area contributed by atoms with Crippen LogP contribution in [0.5, 0.6) is 0 Å². The van der Waals surface area contributed by atoms with Crippen molar-refractivity contribution in [3.05, 3.63) is 35.4 Å². The minimum atomic E-state index is -0.699. The van der Waals surface area contributed by atoms with E-state index >= 15 is 0 Å². The van der Waals surface area contributed by atoms with Crippen LogP contribution in [0.4, 0.5) is 0 Å². The van der Waals surface area contributed by atoms with E-state index in [0.29, 0.717) is 17.9 Å². The number of hydrogen-bond donors (Lipinski definition) is 0. The summed E-state index contributed by atoms with van der Waals surface area (Å²) in [4.78, 5) is 43.1. The monoisotopic (exact) mass is 274 g/mol. The number of nitrogens with zero attached hydrogens (tertiary/aromatic N) is 2. The topological polar surface area (TPSA) is 66.9 Å². The number of benzene rings is 1. The maximum Gasteiger partial charge on any atom is 0.353 e. The van der Waals surface area contributed by atoms with E-state index in [2.05, 4.69) is 0 Å². The normalized spacial score (nSPS) is 19.2. The van der Waals surface area contributed by atoms with E-state index in [1.54, 1.807) is 43.3 Å². The molecule has 0 aromatic heterocycles. The van der Waals surface area contributed by atoms with Crippen molar-refractivity contribution in [1.29, 1.82) is 0 Å². The Kier molecular flexibility index (Phi) is 2.65. The first kappa shape index (κ1) is 12.8. The number of carbonyl (C=O) groups is 3. The predicted octanol–water partition coefficient (Wildman–Crippen LogP) is 0.835. The Balaban J connectivity index is 1.82. The molecule has 0 saturated heterocycles. The van der Waals surface area contributed by atoms with Gasteiger partial charge in [-0.3, -0.25) is 14.5 Å². The van der Waals surface area contributed by atoms with Gasteiger partial charge in [0.15, 0.2) is 0 Å². The van der Waals surface area contributed by atoms with Crippen molar-refractivity contribution in [1.82, 2.24) is 9.96 Å². The number of imide groups is 1. The first-order chi connectivity index (χ1) is 9.47. The molecule has 2 amide bonds. The Morgan fingerprint density at radius 2 is 1.65 bits per heavy atom. The maximum atomic E-state index is 12.2. The number of hydrogen-bond acceptors (Lipinski definition) is 5. The fourth-order valence-corrected chi connectivity index (χ4v) is 2.37. The molecule has 0 unspecified atom stereocenters. The van der Waals surface area contributed by atoms with Gasteiger partial charge < -0.3 is 4.84 Å². The van der Waals surface area contributed by atoms with E-state index in [0.717, 1.165) is 0 Å². The zero-order valence-electron chi connectivity index (χ0n) is 11.3. The van der Waals surface area contributed by atoms with Gasteiger partial charge in [-0.1, -0.05) is 17.2 Å². The van der Waals surface area contributed by atoms with Crippen LogP contribution < -0.4 is 0 Å². The summed E-state index contributed by atoms with van der Waals surface area (Å²) in [7, 11) is 3.55. The molecule has 0 N–H and O–H groups in total. The molecule has 0 radical (unpaired) electrons. The SMILES string of the molecule is CN(C)C1(C(=O)ON2C(=O)c3ccccc3C2=O)CC1. The van der Waals surface area contributed by atoms with Crippen LogP contribution in [-0.4, -0.2) is 47.4 Å². The van der Waals surface area contributed by atoms with Crippen molar-refractivity contribution in [3.63, 3.8) is 0 Å². The fraction of sp³-hybridized carbons (Fsp3) is 0.357. The minimum Gasteiger partial charge on any atom is -0.328 e. The van der Waals surface area contributed by atoms with Crippen molar-refractivity contribution < 1.29 is 19.2 Å². The van der Waals surface area contributed by atoms with E-state index in [1.165, 1.54) is 0 Å². The molecule has 0 bridgehead atoms. The van der Waals surface area contributed by atoms with Crippen LogP contribution in [-0.2, 0) is 9.63 Å². The quantitative estimate of drug-likeness (QED) is 0.764. The summed E-state index contributed by atoms with van der Waals surface area (Å²) in [6.45, 7) is 0. The standard InChI is InChI=1S/C14H14N2O4/c1-15(2)14(7-8-14)13(19)20-16-11(17)9-5-3-4-6-10(9)12(16)18/h3-6H,7-8H2,1-2H3. The molecule has 104 valence electrons. The number of carbonyl (C=O) groups excluding carboxylic acids is 3. The van der Waals surface area contributed by atoms with Crippen molar-refractivity contribution in [3.8, 4) is 0 Å². The molecule has 6 nitrogen and oxygen atoms in total. The molecule has 2 aliphatic rings. The van der Waals surface area contributed by atoms with Gasteiger partial charge in [0.25, 0.3) is 11.8 Å². The van der Waals surface area contributed by atoms with Crippen LogP contribution in [0.3, 0.4) is 0 Å². The van der Waals surface area contributed by atoms with Gasteiger partial charge in [0, 0.05) is 0 Å². The molecule has 20 heavy (non-hydrogen) atoms. The number of amides is 2. The highest BCUT2D eigenvalue weighted by Gasteiger charge is 2.55. The van der Waals surface area contributed by atoms with Crippen LogP contribution in [0.25, 0.3) is 0 Å². The largest absolute Gasteiger partial charge is 0.353 e. The third-order valence-electron chi connectivity index (χ3n) is 3.89. The molecule has 6 heteroatoms. The molecule has 1 fully saturated rings. The van der Waals surface area contributed by atoms with Gasteiger partial charge >= 0.3 is 5.97 Å². The van der Waals surface area contributed by atoms with Crippen LogP contribution >= 0.6 is 0 Å². The summed E-state index contributed by atoms with van der Waals surface area (Å²) in [5.41, 5.74) is -0.171. The van der Waals surface area contributed by atoms with E-state index in [1.807, 2.05) is 0 Å². The maximum absolute atomic E-state index is 12.2. The van der Waals surface area contributed by atoms with E-state index in [4.69, 9.17) is 4.84 Å². The van der Waals surface area contributed by atoms with E-state index in [9.17, 15) is 14.4 Å². The lowest BCUT2D eigenvalue weighted by Crippen LogP contribution is -2.44. The molecule has 1 aliphatic heterocycles. The summed E-state index contributed by atoms with van der Waals surface area (Å²) in [5, 5.41) is 0.566. The highest BCUT2D eigenvalue weighted by atomic mass is 16.7. The first-order valence-corrected chi connectivity index (χ1v) is 6.35. The molecular weight excluding hydrogens is 260 g/mol. The van der Waals surface area contributed by atoms with Gasteiger partial charge in [0.1, 0.15) is 5.54 Å². The molecule has 0 atom stereocenters. The molecule has 1 aromatic rings. The molecule has 3 rings (SSSR count). The smallest absolute Gasteiger partial charge is 0.328 e. The van der Waals surface area contributed by atoms with Crippen LogP contribution in [0.15, 0.2) is 24.3 Å². The van der Waals surface area contributed by atoms with Gasteiger partial charge in [-0.2, -0.15) is 0 Å². The molecule has 1 aliphatic carbocycles. The third-order valence-corrected chi connectivity index (χ3v) is 3.89. The van der Waals surface area contributed by atoms with Crippen LogP contribution in [0, 0.1) is 0 Å². The summed E-state index contributed by atoms with van der Waals surface area (Å²) in [6.07, 6.45) is 1.34. The predicted molar refractivity (Wildman–Crippen MR) is 68.7 cm³/mol. The Morgan fingerprint density at radius 1 is 1.15 bits per heavy atom. The Bertz CT molecular complexity index is 584. The van der Waals surface area contributed by atoms with Gasteiger partial charge in [0.05, 0.1) is 11.1 Å². The van der Waals surface area contributed by atoms with E-state index in [-0.39, 0.29) is 11.1 Å². The van der Waals surface area contributed by atoms with Gasteiger partial charge in [-0.25, -0.2) is 4.79 Å². The zero-order valence-corrected chi connectivity index (χ0v) is 11.3. The molecular formula is C14H14N2O4. The van der Waals surface area contributed by atoms with Crippen LogP contribution in [0.1, 0.15) is 33.6 Å². The van der Waals surface area contributed by atoms with Crippen molar-refractivity contribution in [2.75, 3.05) is 14.1 Å². The lowest BCUT2D eigenvalue weighted by molar-refractivity contribution is -0.176. The third kappa shape index (κ3) is 1.65. The summed E-state index contributed by atoms with van der Waals surface area (Å²) < 4.78 is 0. The second kappa shape index (κ2) is 4.14. The molecule has 1 saturated carbocycles. The second-order valence-electron chi connectivity index (χ2n) is 5.26. The Morgan fingerprint density at radius 3 is 2.05 bits per heavy atom. The fourth-order valence-electron chi connectivity index (χ4n) is 2.37. The number of hydroxylamine groups is 2. The number of rotatable bonds is 3. The van der Waals surface area contributed by atoms with Gasteiger partial charge in [-0.15, -0.1) is 0 Å². The summed E-state index contributed by atoms with van der Waals surface area (Å²) in [5.74, 6) is -1.74. The highest BCUT2D eigenvalue weighted by molar-refractivity contribution is 6.21. The Hall–Kier alpha value is -2.21. The average molecular weight is 274 g/mol. The first-order valence-electron chi connectivity index (χ1n) is 6.35. The highest BCUT2D eigenvalue weighted by Crippen LogP contribution is 2.41. The zero-order chi connectivity index (χ0) is 14.5. The average Bonchev–Trinajstić information content (AvgIpc) is 3.21. The minimum absolute atomic E-state index is 0.264. The number of fused-ring (bicyclic) bond motifs is 1. The molecule has 0 spiro atoms. The summed E-state index contributed by atoms with van der Waals surface area (Å²) >= 11 is 0. The van der Waals surface area contributed by atoms with E-state index < -0.39 is 23.3 Å². The Labute approximate surface area is 115 Å². The lowest BCUT2D eigenvalue weighted by Gasteiger charge is -2.23. The van der Waals surface area contributed by atoms with Crippen molar-refractivity contribution in [2.45, 2.75) is 18.4 Å². The van der Waals surface area contributed by atoms with Gasteiger partial charge in [-0.05, 0) is 39.1 Å². The van der Waals surface area contributed by atoms with Crippen molar-refractivity contribution in [2.24, 2.45) is 0 Å². The second-order valence-corrected chi connectivity index (χ2v) is 5.26. The molecule has 1 aromatic carbocycles. The molecule has 1 heterocycles. The van der Waals surface area contributed by atoms with Gasteiger partial charge in [0.2, 0.25) is 0 Å². The lowest BCUT2D eigenvalue weighted by atomic mass is 10.1. The van der Waals surface area contributed by atoms with Crippen molar-refractivity contribution >= 4 is 17.8 Å².